The van der Waals surface area contributed by atoms with Gasteiger partial charge in [-0.25, -0.2) is 0 Å². The molecule has 0 bridgehead atoms. The molecule has 0 atom stereocenters. The largest absolute Gasteiger partial charge is 0.380 e. The van der Waals surface area contributed by atoms with E-state index in [0.717, 1.165) is 21.3 Å². The number of nitrogens with one attached hydrogen (secondary N) is 1. The van der Waals surface area contributed by atoms with Gasteiger partial charge in [0.05, 0.1) is 10.0 Å². The third-order valence-electron chi connectivity index (χ3n) is 2.79. The maximum absolute atomic E-state index is 6.17. The number of hydrogen-bond acceptors (Lipinski definition) is 1. The van der Waals surface area contributed by atoms with Crippen molar-refractivity contribution < 1.29 is 0 Å². The van der Waals surface area contributed by atoms with Crippen molar-refractivity contribution in [3.8, 4) is 0 Å². The van der Waals surface area contributed by atoms with Crippen molar-refractivity contribution in [2.45, 2.75) is 13.5 Å². The predicted octanol–water partition coefficient (Wildman–Crippen LogP) is 6.33. The molecule has 0 radical (unpaired) electrons. The molecule has 0 unspecified atom stereocenters. The Kier molecular flexibility index (Phi) is 5.02. The van der Waals surface area contributed by atoms with Gasteiger partial charge in [-0.2, -0.15) is 0 Å². The lowest BCUT2D eigenvalue weighted by Crippen LogP contribution is -2.02. The Hall–Kier alpha value is -0.410. The number of anilines is 1. The van der Waals surface area contributed by atoms with Crippen LogP contribution >= 0.6 is 50.7 Å². The third-order valence-corrected chi connectivity index (χ3v) is 5.04. The molecule has 2 aromatic rings. The Labute approximate surface area is 136 Å². The molecule has 1 N–H and O–H groups in total. The molecule has 100 valence electrons. The van der Waals surface area contributed by atoms with Gasteiger partial charge in [0.15, 0.2) is 0 Å². The molecule has 0 fully saturated rings. The summed E-state index contributed by atoms with van der Waals surface area (Å²) in [6.07, 6.45) is 0. The Morgan fingerprint density at radius 3 is 2.47 bits per heavy atom. The monoisotopic (exact) mass is 377 g/mol. The van der Waals surface area contributed by atoms with Crippen molar-refractivity contribution in [3.63, 3.8) is 0 Å². The van der Waals surface area contributed by atoms with Crippen molar-refractivity contribution in [1.82, 2.24) is 0 Å². The summed E-state index contributed by atoms with van der Waals surface area (Å²) in [7, 11) is 0. The molecule has 0 saturated heterocycles. The minimum atomic E-state index is 0.491. The summed E-state index contributed by atoms with van der Waals surface area (Å²) in [5.41, 5.74) is 2.95. The molecule has 0 spiro atoms. The summed E-state index contributed by atoms with van der Waals surface area (Å²) in [5, 5.41) is 4.90. The lowest BCUT2D eigenvalue weighted by Gasteiger charge is -2.13. The van der Waals surface area contributed by atoms with Gasteiger partial charge < -0.3 is 5.32 Å². The van der Waals surface area contributed by atoms with E-state index < -0.39 is 0 Å². The molecular weight excluding hydrogens is 368 g/mol. The summed E-state index contributed by atoms with van der Waals surface area (Å²) in [6.45, 7) is 2.55. The van der Waals surface area contributed by atoms with Gasteiger partial charge in [0.1, 0.15) is 0 Å². The Balaban J connectivity index is 2.24. The maximum atomic E-state index is 6.17. The first kappa shape index (κ1) is 15.0. The van der Waals surface area contributed by atoms with Gasteiger partial charge in [0, 0.05) is 27.3 Å². The van der Waals surface area contributed by atoms with Gasteiger partial charge in [-0.05, 0) is 46.6 Å². The van der Waals surface area contributed by atoms with Crippen LogP contribution in [0.3, 0.4) is 0 Å². The van der Waals surface area contributed by atoms with Gasteiger partial charge in [0.25, 0.3) is 0 Å². The SMILES string of the molecule is Cc1cccc(NCc2c(Cl)ccc(Cl)c2Cl)c1Br. The van der Waals surface area contributed by atoms with Crippen LogP contribution in [-0.4, -0.2) is 0 Å². The summed E-state index contributed by atoms with van der Waals surface area (Å²) in [5.74, 6) is 0. The number of rotatable bonds is 3. The Morgan fingerprint density at radius 2 is 1.74 bits per heavy atom. The molecular formula is C14H11BrCl3N. The van der Waals surface area contributed by atoms with Gasteiger partial charge >= 0.3 is 0 Å². The van der Waals surface area contributed by atoms with Gasteiger partial charge in [0.2, 0.25) is 0 Å². The highest BCUT2D eigenvalue weighted by Crippen LogP contribution is 2.33. The molecule has 5 heteroatoms. The minimum absolute atomic E-state index is 0.491. The lowest BCUT2D eigenvalue weighted by atomic mass is 10.2. The molecule has 19 heavy (non-hydrogen) atoms. The van der Waals surface area contributed by atoms with Crippen LogP contribution in [0.15, 0.2) is 34.8 Å². The van der Waals surface area contributed by atoms with E-state index in [0.29, 0.717) is 21.6 Å². The third kappa shape index (κ3) is 3.38. The van der Waals surface area contributed by atoms with Crippen LogP contribution in [0.1, 0.15) is 11.1 Å². The smallest absolute Gasteiger partial charge is 0.0657 e. The van der Waals surface area contributed by atoms with Crippen LogP contribution in [0.5, 0.6) is 0 Å². The molecule has 0 aliphatic rings. The fourth-order valence-corrected chi connectivity index (χ4v) is 2.78. The van der Waals surface area contributed by atoms with Crippen molar-refractivity contribution in [3.05, 3.63) is 61.0 Å². The van der Waals surface area contributed by atoms with E-state index in [2.05, 4.69) is 21.2 Å². The van der Waals surface area contributed by atoms with Crippen LogP contribution in [0.25, 0.3) is 0 Å². The zero-order chi connectivity index (χ0) is 14.0. The number of halogens is 4. The lowest BCUT2D eigenvalue weighted by molar-refractivity contribution is 1.14. The first-order valence-corrected chi connectivity index (χ1v) is 7.54. The topological polar surface area (TPSA) is 12.0 Å². The predicted molar refractivity (Wildman–Crippen MR) is 87.7 cm³/mol. The van der Waals surface area contributed by atoms with Crippen LogP contribution in [0.2, 0.25) is 15.1 Å². The zero-order valence-corrected chi connectivity index (χ0v) is 14.0. The van der Waals surface area contributed by atoms with Crippen molar-refractivity contribution in [2.24, 2.45) is 0 Å². The van der Waals surface area contributed by atoms with Crippen molar-refractivity contribution >= 4 is 56.4 Å². The van der Waals surface area contributed by atoms with Crippen molar-refractivity contribution in [1.29, 1.82) is 0 Å². The number of aryl methyl sites for hydroxylation is 1. The number of benzene rings is 2. The minimum Gasteiger partial charge on any atom is -0.380 e. The molecule has 0 aliphatic carbocycles. The average Bonchev–Trinajstić information content (AvgIpc) is 2.39. The first-order valence-electron chi connectivity index (χ1n) is 5.62. The fraction of sp³-hybridized carbons (Fsp3) is 0.143. The second-order valence-electron chi connectivity index (χ2n) is 4.11. The van der Waals surface area contributed by atoms with Crippen molar-refractivity contribution in [2.75, 3.05) is 5.32 Å². The molecule has 2 rings (SSSR count). The summed E-state index contributed by atoms with van der Waals surface area (Å²) in [6, 6.07) is 9.46. The van der Waals surface area contributed by atoms with Gasteiger partial charge in [-0.3, -0.25) is 0 Å². The van der Waals surface area contributed by atoms with Crippen LogP contribution in [0, 0.1) is 6.92 Å². The van der Waals surface area contributed by atoms with E-state index >= 15 is 0 Å². The van der Waals surface area contributed by atoms with Crippen LogP contribution in [-0.2, 0) is 6.54 Å². The highest BCUT2D eigenvalue weighted by Gasteiger charge is 2.10. The Bertz CT molecular complexity index is 614. The number of hydrogen-bond donors (Lipinski definition) is 1. The second kappa shape index (κ2) is 6.36. The summed E-state index contributed by atoms with van der Waals surface area (Å²) in [4.78, 5) is 0. The van der Waals surface area contributed by atoms with E-state index in [1.807, 2.05) is 25.1 Å². The van der Waals surface area contributed by atoms with E-state index in [1.165, 1.54) is 0 Å². The van der Waals surface area contributed by atoms with Crippen LogP contribution < -0.4 is 5.32 Å². The van der Waals surface area contributed by atoms with E-state index in [-0.39, 0.29) is 0 Å². The quantitative estimate of drug-likeness (QED) is 0.615. The molecule has 0 aromatic heterocycles. The Morgan fingerprint density at radius 1 is 1.05 bits per heavy atom. The summed E-state index contributed by atoms with van der Waals surface area (Å²) < 4.78 is 1.03. The van der Waals surface area contributed by atoms with Crippen LogP contribution in [0.4, 0.5) is 5.69 Å². The molecule has 0 amide bonds. The average molecular weight is 380 g/mol. The summed E-state index contributed by atoms with van der Waals surface area (Å²) >= 11 is 21.9. The fourth-order valence-electron chi connectivity index (χ4n) is 1.70. The molecule has 0 heterocycles. The standard InChI is InChI=1S/C14H11BrCl3N/c1-8-3-2-4-12(13(8)15)19-7-9-10(16)5-6-11(17)14(9)18/h2-6,19H,7H2,1H3. The molecule has 0 aliphatic heterocycles. The van der Waals surface area contributed by atoms with Gasteiger partial charge in [-0.1, -0.05) is 46.9 Å². The molecule has 1 nitrogen and oxygen atoms in total. The maximum Gasteiger partial charge on any atom is 0.0657 e. The second-order valence-corrected chi connectivity index (χ2v) is 6.10. The van der Waals surface area contributed by atoms with E-state index in [9.17, 15) is 0 Å². The van der Waals surface area contributed by atoms with E-state index in [1.54, 1.807) is 12.1 Å². The highest BCUT2D eigenvalue weighted by molar-refractivity contribution is 9.10. The zero-order valence-electron chi connectivity index (χ0n) is 10.1. The molecule has 0 saturated carbocycles. The highest BCUT2D eigenvalue weighted by atomic mass is 79.9. The molecule has 2 aromatic carbocycles. The normalized spacial score (nSPS) is 10.6. The van der Waals surface area contributed by atoms with E-state index in [4.69, 9.17) is 34.8 Å². The van der Waals surface area contributed by atoms with Gasteiger partial charge in [-0.15, -0.1) is 0 Å². The first-order chi connectivity index (χ1) is 9.00.